The van der Waals surface area contributed by atoms with Crippen LogP contribution in [-0.4, -0.2) is 36.3 Å². The maximum absolute atomic E-state index is 14.6. The Morgan fingerprint density at radius 2 is 2.08 bits per heavy atom. The van der Waals surface area contributed by atoms with Crippen LogP contribution in [-0.2, 0) is 4.74 Å². The van der Waals surface area contributed by atoms with Gasteiger partial charge in [0.1, 0.15) is 17.1 Å². The molecule has 0 saturated carbocycles. The summed E-state index contributed by atoms with van der Waals surface area (Å²) in [6.45, 7) is 1.92. The van der Waals surface area contributed by atoms with Gasteiger partial charge in [0.2, 0.25) is 5.76 Å². The van der Waals surface area contributed by atoms with Crippen molar-refractivity contribution in [2.45, 2.75) is 11.8 Å². The van der Waals surface area contributed by atoms with Gasteiger partial charge in [0.25, 0.3) is 0 Å². The first-order chi connectivity index (χ1) is 12.3. The van der Waals surface area contributed by atoms with Crippen LogP contribution >= 0.6 is 10.0 Å². The predicted molar refractivity (Wildman–Crippen MR) is 103 cm³/mol. The van der Waals surface area contributed by atoms with Gasteiger partial charge in [-0.2, -0.15) is 0 Å². The summed E-state index contributed by atoms with van der Waals surface area (Å²) in [7, 11) is -1.04. The highest BCUT2D eigenvalue weighted by atomic mass is 32.3. The molecule has 3 aromatic rings. The van der Waals surface area contributed by atoms with E-state index in [1.165, 1.54) is 6.07 Å². The number of esters is 1. The largest absolute Gasteiger partial charge is 0.460 e. The Balaban J connectivity index is 2.05. The Kier molecular flexibility index (Phi) is 4.91. The number of hydrogen-bond donors (Lipinski definition) is 1. The van der Waals surface area contributed by atoms with E-state index in [0.29, 0.717) is 16.7 Å². The molecule has 2 heterocycles. The standard InChI is InChI=1S/C19H21FN2O3S/c1-5-24-19(23)18-17(13-11-21-9-8-16(13)25-18)22-15-7-6-12(10-14(15)20)26(2,3)4/h6-11,22H,5H2,1-4H3. The Bertz CT molecular complexity index is 963. The van der Waals surface area contributed by atoms with Gasteiger partial charge in [0.15, 0.2) is 0 Å². The molecule has 1 N–H and O–H groups in total. The summed E-state index contributed by atoms with van der Waals surface area (Å²) in [5.74, 6) is -1.000. The first-order valence-electron chi connectivity index (χ1n) is 8.10. The number of anilines is 2. The van der Waals surface area contributed by atoms with E-state index in [0.717, 1.165) is 4.90 Å². The van der Waals surface area contributed by atoms with Crippen molar-refractivity contribution in [2.75, 3.05) is 30.7 Å². The number of fused-ring (bicyclic) bond motifs is 1. The fourth-order valence-corrected chi connectivity index (χ4v) is 3.45. The number of halogens is 1. The topological polar surface area (TPSA) is 64.4 Å². The van der Waals surface area contributed by atoms with Crippen LogP contribution in [0.25, 0.3) is 11.0 Å². The van der Waals surface area contributed by atoms with Crippen LogP contribution in [0.15, 0.2) is 46.0 Å². The minimum atomic E-state index is -1.04. The molecule has 0 aliphatic carbocycles. The third-order valence-electron chi connectivity index (χ3n) is 3.86. The second-order valence-corrected chi connectivity index (χ2v) is 10.6. The van der Waals surface area contributed by atoms with Crippen LogP contribution in [0.5, 0.6) is 0 Å². The highest BCUT2D eigenvalue weighted by molar-refractivity contribution is 8.32. The van der Waals surface area contributed by atoms with Gasteiger partial charge in [0.05, 0.1) is 17.7 Å². The number of rotatable bonds is 5. The van der Waals surface area contributed by atoms with Crippen LogP contribution in [0.1, 0.15) is 17.5 Å². The number of benzene rings is 1. The van der Waals surface area contributed by atoms with Crippen molar-refractivity contribution >= 4 is 38.3 Å². The van der Waals surface area contributed by atoms with Gasteiger partial charge in [0, 0.05) is 12.4 Å². The van der Waals surface area contributed by atoms with Crippen LogP contribution in [0.2, 0.25) is 0 Å². The normalized spacial score (nSPS) is 12.2. The second kappa shape index (κ2) is 6.99. The number of aromatic nitrogens is 1. The Morgan fingerprint density at radius 1 is 1.31 bits per heavy atom. The van der Waals surface area contributed by atoms with Crippen molar-refractivity contribution < 1.29 is 18.3 Å². The predicted octanol–water partition coefficient (Wildman–Crippen LogP) is 4.94. The molecule has 1 aromatic carbocycles. The number of carbonyl (C=O) groups is 1. The number of nitrogens with one attached hydrogen (secondary N) is 1. The van der Waals surface area contributed by atoms with E-state index < -0.39 is 21.8 Å². The lowest BCUT2D eigenvalue weighted by atomic mass is 10.2. The fourth-order valence-electron chi connectivity index (χ4n) is 2.52. The molecule has 0 saturated heterocycles. The molecule has 26 heavy (non-hydrogen) atoms. The first-order valence-corrected chi connectivity index (χ1v) is 11.0. The minimum absolute atomic E-state index is 0.000210. The van der Waals surface area contributed by atoms with Gasteiger partial charge in [-0.25, -0.2) is 19.2 Å². The summed E-state index contributed by atoms with van der Waals surface area (Å²) in [4.78, 5) is 17.3. The number of carbonyl (C=O) groups excluding carboxylic acids is 1. The smallest absolute Gasteiger partial charge is 0.376 e. The van der Waals surface area contributed by atoms with Crippen molar-refractivity contribution in [3.8, 4) is 0 Å². The third-order valence-corrected chi connectivity index (χ3v) is 5.53. The first kappa shape index (κ1) is 18.3. The molecule has 0 radical (unpaired) electrons. The molecule has 0 unspecified atom stereocenters. The van der Waals surface area contributed by atoms with Gasteiger partial charge in [-0.05, 0) is 54.9 Å². The molecule has 0 spiro atoms. The van der Waals surface area contributed by atoms with E-state index in [9.17, 15) is 9.18 Å². The maximum atomic E-state index is 14.6. The Hall–Kier alpha value is -2.54. The van der Waals surface area contributed by atoms with E-state index in [1.807, 2.05) is 6.07 Å². The number of hydrogen-bond acceptors (Lipinski definition) is 5. The molecule has 0 bridgehead atoms. The lowest BCUT2D eigenvalue weighted by Gasteiger charge is -2.26. The summed E-state index contributed by atoms with van der Waals surface area (Å²) >= 11 is 0. The van der Waals surface area contributed by atoms with Gasteiger partial charge in [-0.1, -0.05) is 0 Å². The van der Waals surface area contributed by atoms with E-state index in [1.54, 1.807) is 31.5 Å². The van der Waals surface area contributed by atoms with Crippen molar-refractivity contribution in [1.82, 2.24) is 4.98 Å². The maximum Gasteiger partial charge on any atom is 0.376 e. The monoisotopic (exact) mass is 376 g/mol. The van der Waals surface area contributed by atoms with Crippen LogP contribution in [0.4, 0.5) is 15.8 Å². The Morgan fingerprint density at radius 3 is 2.73 bits per heavy atom. The SMILES string of the molecule is CCOC(=O)c1oc2ccncc2c1Nc1ccc(S(C)(C)C)cc1F. The molecular weight excluding hydrogens is 355 g/mol. The summed E-state index contributed by atoms with van der Waals surface area (Å²) in [6.07, 6.45) is 9.43. The van der Waals surface area contributed by atoms with Crippen LogP contribution in [0, 0.1) is 5.82 Å². The van der Waals surface area contributed by atoms with E-state index in [2.05, 4.69) is 29.1 Å². The molecule has 2 aromatic heterocycles. The van der Waals surface area contributed by atoms with Crippen LogP contribution in [0.3, 0.4) is 0 Å². The number of furan rings is 1. The zero-order chi connectivity index (χ0) is 18.9. The van der Waals surface area contributed by atoms with E-state index in [-0.39, 0.29) is 18.1 Å². The molecule has 0 aliphatic heterocycles. The quantitative estimate of drug-likeness (QED) is 0.639. The zero-order valence-corrected chi connectivity index (χ0v) is 15.9. The lowest BCUT2D eigenvalue weighted by molar-refractivity contribution is 0.0494. The van der Waals surface area contributed by atoms with Crippen LogP contribution < -0.4 is 5.32 Å². The summed E-state index contributed by atoms with van der Waals surface area (Å²) in [5.41, 5.74) is 1.08. The molecule has 3 rings (SSSR count). The Labute approximate surface area is 152 Å². The van der Waals surface area contributed by atoms with Crippen molar-refractivity contribution in [1.29, 1.82) is 0 Å². The highest BCUT2D eigenvalue weighted by Crippen LogP contribution is 2.46. The summed E-state index contributed by atoms with van der Waals surface area (Å²) in [5, 5.41) is 3.57. The van der Waals surface area contributed by atoms with E-state index in [4.69, 9.17) is 9.15 Å². The van der Waals surface area contributed by atoms with Gasteiger partial charge < -0.3 is 14.5 Å². The van der Waals surface area contributed by atoms with Crippen molar-refractivity contribution in [3.63, 3.8) is 0 Å². The highest BCUT2D eigenvalue weighted by Gasteiger charge is 2.23. The average Bonchev–Trinajstić information content (AvgIpc) is 2.95. The average molecular weight is 376 g/mol. The summed E-state index contributed by atoms with van der Waals surface area (Å²) in [6, 6.07) is 6.74. The van der Waals surface area contributed by atoms with Crippen molar-refractivity contribution in [3.05, 3.63) is 48.2 Å². The lowest BCUT2D eigenvalue weighted by Crippen LogP contribution is -2.06. The molecule has 0 atom stereocenters. The number of ether oxygens (including phenoxy) is 1. The molecule has 5 nitrogen and oxygen atoms in total. The van der Waals surface area contributed by atoms with Gasteiger partial charge >= 0.3 is 5.97 Å². The number of pyridine rings is 1. The minimum Gasteiger partial charge on any atom is -0.460 e. The zero-order valence-electron chi connectivity index (χ0n) is 15.1. The van der Waals surface area contributed by atoms with Gasteiger partial charge in [-0.15, -0.1) is 0 Å². The van der Waals surface area contributed by atoms with Gasteiger partial charge in [-0.3, -0.25) is 4.98 Å². The molecular formula is C19H21FN2O3S. The fraction of sp³-hybridized carbons (Fsp3) is 0.263. The molecule has 138 valence electrons. The summed E-state index contributed by atoms with van der Waals surface area (Å²) < 4.78 is 25.3. The molecule has 0 aliphatic rings. The number of nitrogens with zero attached hydrogens (tertiary/aromatic N) is 1. The molecule has 0 amide bonds. The van der Waals surface area contributed by atoms with E-state index >= 15 is 0 Å². The molecule has 7 heteroatoms. The second-order valence-electron chi connectivity index (χ2n) is 6.50. The van der Waals surface area contributed by atoms with Crippen molar-refractivity contribution in [2.24, 2.45) is 0 Å². The molecule has 0 fully saturated rings. The third kappa shape index (κ3) is 3.53.